The van der Waals surface area contributed by atoms with Gasteiger partial charge in [-0.15, -0.1) is 0 Å². The van der Waals surface area contributed by atoms with Crippen LogP contribution in [-0.2, 0) is 6.54 Å². The number of hydrogen-bond acceptors (Lipinski definition) is 2. The Bertz CT molecular complexity index is 618. The molecule has 0 atom stereocenters. The minimum absolute atomic E-state index is 0.227. The first kappa shape index (κ1) is 15.5. The van der Waals surface area contributed by atoms with Crippen LogP contribution in [0.4, 0.5) is 0 Å². The molecule has 2 aromatic carbocycles. The van der Waals surface area contributed by atoms with E-state index in [2.05, 4.69) is 43.1 Å². The number of nitrogens with zero attached hydrogens (tertiary/aromatic N) is 1. The van der Waals surface area contributed by atoms with Gasteiger partial charge in [0.1, 0.15) is 0 Å². The predicted octanol–water partition coefficient (Wildman–Crippen LogP) is 4.01. The van der Waals surface area contributed by atoms with Gasteiger partial charge < -0.3 is 4.90 Å². The predicted molar refractivity (Wildman–Crippen MR) is 87.6 cm³/mol. The lowest BCUT2D eigenvalue weighted by molar-refractivity contribution is 0.0967. The molecule has 0 radical (unpaired) electrons. The van der Waals surface area contributed by atoms with Crippen molar-refractivity contribution in [2.24, 2.45) is 0 Å². The third kappa shape index (κ3) is 4.27. The Morgan fingerprint density at radius 2 is 1.57 bits per heavy atom. The first-order valence-electron chi connectivity index (χ1n) is 7.40. The molecule has 0 fully saturated rings. The Morgan fingerprint density at radius 1 is 0.952 bits per heavy atom. The summed E-state index contributed by atoms with van der Waals surface area (Å²) >= 11 is 0. The largest absolute Gasteiger partial charge is 0.302 e. The molecule has 0 unspecified atom stereocenters. The van der Waals surface area contributed by atoms with E-state index in [0.717, 1.165) is 24.2 Å². The van der Waals surface area contributed by atoms with Crippen molar-refractivity contribution < 1.29 is 4.79 Å². The highest BCUT2D eigenvalue weighted by molar-refractivity contribution is 5.97. The van der Waals surface area contributed by atoms with Crippen LogP contribution in [0.2, 0.25) is 0 Å². The van der Waals surface area contributed by atoms with Crippen molar-refractivity contribution in [3.05, 3.63) is 70.8 Å². The van der Waals surface area contributed by atoms with Gasteiger partial charge in [-0.05, 0) is 37.6 Å². The summed E-state index contributed by atoms with van der Waals surface area (Å²) < 4.78 is 0. The van der Waals surface area contributed by atoms with Crippen LogP contribution >= 0.6 is 0 Å². The molecule has 110 valence electrons. The SMILES string of the molecule is Cc1ccccc1CN(C)CCC(=O)c1ccccc1C. The number of carbonyl (C=O) groups is 1. The first-order valence-corrected chi connectivity index (χ1v) is 7.40. The second-order valence-corrected chi connectivity index (χ2v) is 5.65. The van der Waals surface area contributed by atoms with Crippen LogP contribution in [-0.4, -0.2) is 24.3 Å². The summed E-state index contributed by atoms with van der Waals surface area (Å²) in [5, 5.41) is 0. The van der Waals surface area contributed by atoms with Gasteiger partial charge in [0.05, 0.1) is 0 Å². The molecular weight excluding hydrogens is 258 g/mol. The van der Waals surface area contributed by atoms with Crippen LogP contribution in [0.25, 0.3) is 0 Å². The molecule has 21 heavy (non-hydrogen) atoms. The van der Waals surface area contributed by atoms with E-state index in [4.69, 9.17) is 0 Å². The highest BCUT2D eigenvalue weighted by Gasteiger charge is 2.10. The van der Waals surface area contributed by atoms with Crippen LogP contribution in [0, 0.1) is 13.8 Å². The Hall–Kier alpha value is -1.93. The molecular formula is C19H23NO. The van der Waals surface area contributed by atoms with Gasteiger partial charge in [-0.2, -0.15) is 0 Å². The van der Waals surface area contributed by atoms with Crippen molar-refractivity contribution in [2.45, 2.75) is 26.8 Å². The number of rotatable bonds is 6. The maximum absolute atomic E-state index is 12.3. The summed E-state index contributed by atoms with van der Waals surface area (Å²) in [7, 11) is 2.07. The Labute approximate surface area is 127 Å². The maximum atomic E-state index is 12.3. The molecule has 0 saturated carbocycles. The fourth-order valence-electron chi connectivity index (χ4n) is 2.47. The van der Waals surface area contributed by atoms with E-state index in [1.807, 2.05) is 31.2 Å². The van der Waals surface area contributed by atoms with Gasteiger partial charge in [-0.3, -0.25) is 4.79 Å². The highest BCUT2D eigenvalue weighted by atomic mass is 16.1. The molecule has 2 nitrogen and oxygen atoms in total. The third-order valence-electron chi connectivity index (χ3n) is 3.87. The molecule has 0 bridgehead atoms. The lowest BCUT2D eigenvalue weighted by Crippen LogP contribution is -2.22. The van der Waals surface area contributed by atoms with E-state index in [9.17, 15) is 4.79 Å². The van der Waals surface area contributed by atoms with Crippen molar-refractivity contribution in [2.75, 3.05) is 13.6 Å². The van der Waals surface area contributed by atoms with Gasteiger partial charge in [0.25, 0.3) is 0 Å². The van der Waals surface area contributed by atoms with E-state index in [1.165, 1.54) is 11.1 Å². The minimum atomic E-state index is 0.227. The lowest BCUT2D eigenvalue weighted by Gasteiger charge is -2.17. The third-order valence-corrected chi connectivity index (χ3v) is 3.87. The van der Waals surface area contributed by atoms with Crippen molar-refractivity contribution in [3.63, 3.8) is 0 Å². The number of ketones is 1. The Kier molecular flexibility index (Phi) is 5.29. The normalized spacial score (nSPS) is 10.9. The molecule has 0 spiro atoms. The average molecular weight is 281 g/mol. The lowest BCUT2D eigenvalue weighted by atomic mass is 10.0. The number of benzene rings is 2. The van der Waals surface area contributed by atoms with Gasteiger partial charge in [-0.1, -0.05) is 48.5 Å². The van der Waals surface area contributed by atoms with Crippen molar-refractivity contribution in [3.8, 4) is 0 Å². The van der Waals surface area contributed by atoms with Crippen molar-refractivity contribution in [1.29, 1.82) is 0 Å². The monoisotopic (exact) mass is 281 g/mol. The van der Waals surface area contributed by atoms with E-state index < -0.39 is 0 Å². The first-order chi connectivity index (χ1) is 10.1. The number of carbonyl (C=O) groups excluding carboxylic acids is 1. The smallest absolute Gasteiger partial charge is 0.164 e. The van der Waals surface area contributed by atoms with Crippen LogP contribution in [0.1, 0.15) is 33.5 Å². The van der Waals surface area contributed by atoms with E-state index in [-0.39, 0.29) is 5.78 Å². The maximum Gasteiger partial charge on any atom is 0.164 e. The molecule has 0 heterocycles. The molecule has 0 aliphatic heterocycles. The molecule has 0 saturated heterocycles. The van der Waals surface area contributed by atoms with E-state index in [1.54, 1.807) is 0 Å². The molecule has 0 amide bonds. The summed E-state index contributed by atoms with van der Waals surface area (Å²) in [6, 6.07) is 16.2. The van der Waals surface area contributed by atoms with Crippen LogP contribution in [0.15, 0.2) is 48.5 Å². The molecule has 2 aromatic rings. The summed E-state index contributed by atoms with van der Waals surface area (Å²) in [5.74, 6) is 0.227. The van der Waals surface area contributed by atoms with Gasteiger partial charge in [-0.25, -0.2) is 0 Å². The van der Waals surface area contributed by atoms with Crippen LogP contribution < -0.4 is 0 Å². The summed E-state index contributed by atoms with van der Waals surface area (Å²) in [6.45, 7) is 5.78. The number of aryl methyl sites for hydroxylation is 2. The zero-order valence-corrected chi connectivity index (χ0v) is 13.1. The second kappa shape index (κ2) is 7.19. The standard InChI is InChI=1S/C19H23NO/c1-15-8-4-6-10-17(15)14-20(3)13-12-19(21)18-11-7-5-9-16(18)2/h4-11H,12-14H2,1-3H3. The van der Waals surface area contributed by atoms with E-state index >= 15 is 0 Å². The molecule has 0 aliphatic carbocycles. The van der Waals surface area contributed by atoms with Gasteiger partial charge in [0.15, 0.2) is 5.78 Å². The fourth-order valence-corrected chi connectivity index (χ4v) is 2.47. The average Bonchev–Trinajstić information content (AvgIpc) is 2.48. The van der Waals surface area contributed by atoms with Crippen LogP contribution in [0.3, 0.4) is 0 Å². The van der Waals surface area contributed by atoms with Gasteiger partial charge >= 0.3 is 0 Å². The van der Waals surface area contributed by atoms with Crippen molar-refractivity contribution >= 4 is 5.78 Å². The molecule has 2 rings (SSSR count). The Balaban J connectivity index is 1.90. The summed E-state index contributed by atoms with van der Waals surface area (Å²) in [5.41, 5.74) is 4.53. The van der Waals surface area contributed by atoms with Crippen molar-refractivity contribution in [1.82, 2.24) is 4.90 Å². The number of Topliss-reactive ketones (excluding diaryl/α,β-unsaturated/α-hetero) is 1. The molecule has 0 aliphatic rings. The number of hydrogen-bond donors (Lipinski definition) is 0. The summed E-state index contributed by atoms with van der Waals surface area (Å²) in [6.07, 6.45) is 0.563. The topological polar surface area (TPSA) is 20.3 Å². The van der Waals surface area contributed by atoms with Crippen LogP contribution in [0.5, 0.6) is 0 Å². The second-order valence-electron chi connectivity index (χ2n) is 5.65. The van der Waals surface area contributed by atoms with Gasteiger partial charge in [0.2, 0.25) is 0 Å². The molecule has 0 N–H and O–H groups in total. The zero-order chi connectivity index (χ0) is 15.2. The Morgan fingerprint density at radius 3 is 2.24 bits per heavy atom. The van der Waals surface area contributed by atoms with E-state index in [0.29, 0.717) is 6.42 Å². The quantitative estimate of drug-likeness (QED) is 0.746. The molecule has 2 heteroatoms. The molecule has 0 aromatic heterocycles. The van der Waals surface area contributed by atoms with Gasteiger partial charge in [0, 0.05) is 25.1 Å². The fraction of sp³-hybridized carbons (Fsp3) is 0.316. The summed E-state index contributed by atoms with van der Waals surface area (Å²) in [4.78, 5) is 14.5. The minimum Gasteiger partial charge on any atom is -0.302 e. The highest BCUT2D eigenvalue weighted by Crippen LogP contribution is 2.12. The zero-order valence-electron chi connectivity index (χ0n) is 13.1.